The molecular weight excluding hydrogens is 250 g/mol. The van der Waals surface area contributed by atoms with Crippen molar-refractivity contribution in [2.45, 2.75) is 11.7 Å². The van der Waals surface area contributed by atoms with Gasteiger partial charge in [0.1, 0.15) is 11.6 Å². The Bertz CT molecular complexity index is 594. The van der Waals surface area contributed by atoms with Gasteiger partial charge in [0.25, 0.3) is 0 Å². The average Bonchev–Trinajstić information content (AvgIpc) is 3.14. The monoisotopic (exact) mass is 260 g/mol. The first-order valence-corrected chi connectivity index (χ1v) is 5.82. The molecule has 3 rings (SSSR count). The van der Waals surface area contributed by atoms with Gasteiger partial charge in [-0.05, 0) is 35.4 Å². The van der Waals surface area contributed by atoms with Crippen LogP contribution in [0.4, 0.5) is 8.78 Å². The highest BCUT2D eigenvalue weighted by molar-refractivity contribution is 5.68. The van der Waals surface area contributed by atoms with Gasteiger partial charge in [0, 0.05) is 0 Å². The molecule has 19 heavy (non-hydrogen) atoms. The molecule has 1 saturated heterocycles. The summed E-state index contributed by atoms with van der Waals surface area (Å²) in [6.45, 7) is 0. The lowest BCUT2D eigenvalue weighted by molar-refractivity contribution is -0.108. The van der Waals surface area contributed by atoms with E-state index in [0.29, 0.717) is 17.4 Å². The van der Waals surface area contributed by atoms with E-state index >= 15 is 0 Å². The second-order valence-electron chi connectivity index (χ2n) is 4.43. The molecular formula is C15H10F2O2. The zero-order valence-electron chi connectivity index (χ0n) is 9.85. The molecule has 2 nitrogen and oxygen atoms in total. The fourth-order valence-corrected chi connectivity index (χ4v) is 2.36. The van der Waals surface area contributed by atoms with Crippen LogP contribution in [0, 0.1) is 11.6 Å². The minimum atomic E-state index is -1.06. The van der Waals surface area contributed by atoms with E-state index in [1.807, 2.05) is 0 Å². The summed E-state index contributed by atoms with van der Waals surface area (Å²) in [5.74, 6) is -0.846. The van der Waals surface area contributed by atoms with E-state index in [1.165, 1.54) is 36.4 Å². The van der Waals surface area contributed by atoms with Crippen molar-refractivity contribution in [1.29, 1.82) is 0 Å². The van der Waals surface area contributed by atoms with Crippen molar-refractivity contribution in [2.75, 3.05) is 0 Å². The topological polar surface area (TPSA) is 29.6 Å². The first-order valence-electron chi connectivity index (χ1n) is 5.82. The van der Waals surface area contributed by atoms with Crippen molar-refractivity contribution in [3.8, 4) is 0 Å². The van der Waals surface area contributed by atoms with Gasteiger partial charge < -0.3 is 9.53 Å². The van der Waals surface area contributed by atoms with Gasteiger partial charge in [-0.15, -0.1) is 0 Å². The largest absolute Gasteiger partial charge is 0.348 e. The van der Waals surface area contributed by atoms with E-state index in [1.54, 1.807) is 12.1 Å². The molecule has 1 aliphatic rings. The Hall–Kier alpha value is -2.07. The Morgan fingerprint density at radius 2 is 1.53 bits per heavy atom. The fraction of sp³-hybridized carbons (Fsp3) is 0.133. The number of rotatable bonds is 3. The summed E-state index contributed by atoms with van der Waals surface area (Å²) in [6, 6.07) is 11.6. The third-order valence-electron chi connectivity index (χ3n) is 3.29. The van der Waals surface area contributed by atoms with E-state index in [9.17, 15) is 13.6 Å². The second-order valence-corrected chi connectivity index (χ2v) is 4.43. The Balaban J connectivity index is 2.14. The number of carbonyl (C=O) groups is 1. The second kappa shape index (κ2) is 4.24. The Morgan fingerprint density at radius 3 is 1.89 bits per heavy atom. The van der Waals surface area contributed by atoms with Gasteiger partial charge in [-0.3, -0.25) is 0 Å². The van der Waals surface area contributed by atoms with Crippen molar-refractivity contribution in [2.24, 2.45) is 0 Å². The van der Waals surface area contributed by atoms with Crippen molar-refractivity contribution < 1.29 is 18.3 Å². The van der Waals surface area contributed by atoms with Crippen LogP contribution in [0.25, 0.3) is 0 Å². The molecule has 1 aliphatic heterocycles. The molecule has 1 heterocycles. The SMILES string of the molecule is O=CC1OC1(c1cccc(F)c1)c1cccc(F)c1. The predicted octanol–water partition coefficient (Wildman–Crippen LogP) is 2.81. The number of hydrogen-bond acceptors (Lipinski definition) is 2. The molecule has 4 heteroatoms. The van der Waals surface area contributed by atoms with Crippen LogP contribution in [0.15, 0.2) is 48.5 Å². The maximum atomic E-state index is 13.3. The Morgan fingerprint density at radius 1 is 1.00 bits per heavy atom. The summed E-state index contributed by atoms with van der Waals surface area (Å²) in [5.41, 5.74) is -0.0447. The lowest BCUT2D eigenvalue weighted by Crippen LogP contribution is -2.16. The summed E-state index contributed by atoms with van der Waals surface area (Å²) in [4.78, 5) is 11.0. The van der Waals surface area contributed by atoms with E-state index in [-0.39, 0.29) is 0 Å². The highest BCUT2D eigenvalue weighted by Gasteiger charge is 2.59. The van der Waals surface area contributed by atoms with Gasteiger partial charge in [0.05, 0.1) is 0 Å². The minimum Gasteiger partial charge on any atom is -0.348 e. The van der Waals surface area contributed by atoms with Crippen LogP contribution in [0.5, 0.6) is 0 Å². The zero-order chi connectivity index (χ0) is 13.5. The van der Waals surface area contributed by atoms with Gasteiger partial charge in [-0.1, -0.05) is 24.3 Å². The Kier molecular flexibility index (Phi) is 2.68. The number of carbonyl (C=O) groups excluding carboxylic acids is 1. The molecule has 0 N–H and O–H groups in total. The minimum absolute atomic E-state index is 0.423. The number of benzene rings is 2. The maximum Gasteiger partial charge on any atom is 0.152 e. The highest BCUT2D eigenvalue weighted by atomic mass is 19.1. The molecule has 0 aliphatic carbocycles. The van der Waals surface area contributed by atoms with Gasteiger partial charge in [0.15, 0.2) is 18.0 Å². The van der Waals surface area contributed by atoms with Crippen LogP contribution in [0.2, 0.25) is 0 Å². The van der Waals surface area contributed by atoms with Crippen LogP contribution in [-0.4, -0.2) is 12.4 Å². The lowest BCUT2D eigenvalue weighted by atomic mass is 9.88. The molecule has 96 valence electrons. The van der Waals surface area contributed by atoms with Crippen LogP contribution in [0.1, 0.15) is 11.1 Å². The van der Waals surface area contributed by atoms with E-state index < -0.39 is 23.3 Å². The van der Waals surface area contributed by atoms with Crippen molar-refractivity contribution in [3.63, 3.8) is 0 Å². The number of halogens is 2. The normalized spacial score (nSPS) is 20.0. The molecule has 1 fully saturated rings. The third-order valence-corrected chi connectivity index (χ3v) is 3.29. The van der Waals surface area contributed by atoms with E-state index in [4.69, 9.17) is 4.74 Å². The first kappa shape index (κ1) is 12.0. The molecule has 2 aromatic rings. The van der Waals surface area contributed by atoms with Crippen LogP contribution < -0.4 is 0 Å². The van der Waals surface area contributed by atoms with Gasteiger partial charge in [-0.2, -0.15) is 0 Å². The number of ether oxygens (including phenoxy) is 1. The molecule has 0 spiro atoms. The lowest BCUT2D eigenvalue weighted by Gasteiger charge is -2.13. The van der Waals surface area contributed by atoms with Crippen LogP contribution in [-0.2, 0) is 15.1 Å². The number of hydrogen-bond donors (Lipinski definition) is 0. The summed E-state index contributed by atoms with van der Waals surface area (Å²) in [5, 5.41) is 0. The quantitative estimate of drug-likeness (QED) is 0.627. The van der Waals surface area contributed by atoms with Crippen molar-refractivity contribution in [3.05, 3.63) is 71.3 Å². The summed E-state index contributed by atoms with van der Waals surface area (Å²) < 4.78 is 32.1. The summed E-state index contributed by atoms with van der Waals surface area (Å²) >= 11 is 0. The predicted molar refractivity (Wildman–Crippen MR) is 64.5 cm³/mol. The maximum absolute atomic E-state index is 13.3. The highest BCUT2D eigenvalue weighted by Crippen LogP contribution is 2.50. The summed E-state index contributed by atoms with van der Waals surface area (Å²) in [7, 11) is 0. The molecule has 0 radical (unpaired) electrons. The number of epoxide rings is 1. The van der Waals surface area contributed by atoms with Crippen LogP contribution >= 0.6 is 0 Å². The smallest absolute Gasteiger partial charge is 0.152 e. The van der Waals surface area contributed by atoms with Crippen molar-refractivity contribution in [1.82, 2.24) is 0 Å². The fourth-order valence-electron chi connectivity index (χ4n) is 2.36. The standard InChI is InChI=1S/C15H10F2O2/c16-12-5-1-3-10(7-12)15(14(9-18)19-15)11-4-2-6-13(17)8-11/h1-9,14H. The first-order chi connectivity index (χ1) is 9.16. The Labute approximate surface area is 108 Å². The van der Waals surface area contributed by atoms with E-state index in [0.717, 1.165) is 0 Å². The molecule has 0 amide bonds. The van der Waals surface area contributed by atoms with Gasteiger partial charge >= 0.3 is 0 Å². The molecule has 0 bridgehead atoms. The molecule has 1 atom stereocenters. The zero-order valence-corrected chi connectivity index (χ0v) is 9.85. The molecule has 1 unspecified atom stereocenters. The van der Waals surface area contributed by atoms with Crippen LogP contribution in [0.3, 0.4) is 0 Å². The van der Waals surface area contributed by atoms with E-state index in [2.05, 4.69) is 0 Å². The number of aldehydes is 1. The molecule has 0 aromatic heterocycles. The van der Waals surface area contributed by atoms with Crippen molar-refractivity contribution >= 4 is 6.29 Å². The molecule has 2 aromatic carbocycles. The molecule has 0 saturated carbocycles. The van der Waals surface area contributed by atoms with Gasteiger partial charge in [0.2, 0.25) is 0 Å². The average molecular weight is 260 g/mol. The summed E-state index contributed by atoms with van der Waals surface area (Å²) in [6.07, 6.45) is -0.0633. The van der Waals surface area contributed by atoms with Gasteiger partial charge in [-0.25, -0.2) is 8.78 Å². The third kappa shape index (κ3) is 1.85.